The summed E-state index contributed by atoms with van der Waals surface area (Å²) in [6.45, 7) is 3.89. The van der Waals surface area contributed by atoms with E-state index in [4.69, 9.17) is 5.26 Å². The van der Waals surface area contributed by atoms with Crippen LogP contribution in [0.1, 0.15) is 32.3 Å². The number of carbonyl (C=O) groups is 1. The van der Waals surface area contributed by atoms with Crippen molar-refractivity contribution in [3.05, 3.63) is 29.8 Å². The number of nitrogens with one attached hydrogen (secondary N) is 1. The van der Waals surface area contributed by atoms with Crippen molar-refractivity contribution >= 4 is 22.4 Å². The highest BCUT2D eigenvalue weighted by Crippen LogP contribution is 2.14. The molecule has 1 rings (SSSR count). The van der Waals surface area contributed by atoms with E-state index in [1.165, 1.54) is 0 Å². The standard InChI is InChI=1S/C14H18N2O2S/c1-3-11(2)19(18)9-8-14(17)16-13-7-5-4-6-12(13)10-15/h4-7,11H,3,8-9H2,1-2H3,(H,16,17). The zero-order chi connectivity index (χ0) is 14.3. The molecule has 0 fully saturated rings. The molecule has 0 radical (unpaired) electrons. The molecule has 0 aliphatic carbocycles. The zero-order valence-electron chi connectivity index (χ0n) is 11.2. The molecule has 0 aliphatic rings. The molecule has 5 heteroatoms. The second-order valence-electron chi connectivity index (χ2n) is 4.26. The van der Waals surface area contributed by atoms with E-state index >= 15 is 0 Å². The lowest BCUT2D eigenvalue weighted by atomic mass is 10.2. The van der Waals surface area contributed by atoms with E-state index in [0.717, 1.165) is 6.42 Å². The first kappa shape index (κ1) is 15.4. The van der Waals surface area contributed by atoms with Gasteiger partial charge in [-0.2, -0.15) is 5.26 Å². The Kier molecular flexibility index (Phi) is 6.23. The number of nitriles is 1. The fourth-order valence-electron chi connectivity index (χ4n) is 1.48. The normalized spacial score (nSPS) is 13.3. The third-order valence-corrected chi connectivity index (χ3v) is 4.71. The van der Waals surface area contributed by atoms with Crippen LogP contribution in [0, 0.1) is 11.3 Å². The monoisotopic (exact) mass is 278 g/mol. The molecule has 102 valence electrons. The Labute approximate surface area is 116 Å². The molecule has 1 aromatic carbocycles. The lowest BCUT2D eigenvalue weighted by Gasteiger charge is -2.09. The number of para-hydroxylation sites is 1. The van der Waals surface area contributed by atoms with E-state index in [1.54, 1.807) is 24.3 Å². The van der Waals surface area contributed by atoms with Gasteiger partial charge >= 0.3 is 0 Å². The number of amides is 1. The minimum absolute atomic E-state index is 0.110. The fourth-order valence-corrected chi connectivity index (χ4v) is 2.64. The third kappa shape index (κ3) is 4.84. The van der Waals surface area contributed by atoms with Crippen LogP contribution in [0.5, 0.6) is 0 Å². The largest absolute Gasteiger partial charge is 0.325 e. The van der Waals surface area contributed by atoms with Gasteiger partial charge in [0.25, 0.3) is 0 Å². The molecule has 2 unspecified atom stereocenters. The Bertz CT molecular complexity index is 508. The number of hydrogen-bond donors (Lipinski definition) is 1. The van der Waals surface area contributed by atoms with Crippen molar-refractivity contribution < 1.29 is 9.00 Å². The van der Waals surface area contributed by atoms with Gasteiger partial charge in [0, 0.05) is 28.2 Å². The second-order valence-corrected chi connectivity index (χ2v) is 6.23. The lowest BCUT2D eigenvalue weighted by molar-refractivity contribution is -0.115. The van der Waals surface area contributed by atoms with Gasteiger partial charge in [0.15, 0.2) is 0 Å². The van der Waals surface area contributed by atoms with Crippen molar-refractivity contribution in [1.82, 2.24) is 0 Å². The van der Waals surface area contributed by atoms with Gasteiger partial charge in [-0.1, -0.05) is 26.0 Å². The second kappa shape index (κ2) is 7.70. The summed E-state index contributed by atoms with van der Waals surface area (Å²) < 4.78 is 11.7. The molecule has 19 heavy (non-hydrogen) atoms. The van der Waals surface area contributed by atoms with Crippen molar-refractivity contribution in [3.8, 4) is 6.07 Å². The number of hydrogen-bond acceptors (Lipinski definition) is 3. The maximum Gasteiger partial charge on any atom is 0.225 e. The van der Waals surface area contributed by atoms with Gasteiger partial charge in [-0.05, 0) is 18.6 Å². The first-order valence-electron chi connectivity index (χ1n) is 6.24. The predicted octanol–water partition coefficient (Wildman–Crippen LogP) is 2.43. The number of nitrogens with zero attached hydrogens (tertiary/aromatic N) is 1. The van der Waals surface area contributed by atoms with Crippen LogP contribution in [-0.4, -0.2) is 21.1 Å². The van der Waals surface area contributed by atoms with Crippen molar-refractivity contribution in [3.63, 3.8) is 0 Å². The molecule has 1 aromatic rings. The highest BCUT2D eigenvalue weighted by atomic mass is 32.2. The summed E-state index contributed by atoms with van der Waals surface area (Å²) in [6, 6.07) is 8.85. The van der Waals surface area contributed by atoms with E-state index in [2.05, 4.69) is 5.32 Å². The summed E-state index contributed by atoms with van der Waals surface area (Å²) in [5, 5.41) is 11.7. The molecule has 0 heterocycles. The summed E-state index contributed by atoms with van der Waals surface area (Å²) >= 11 is 0. The van der Waals surface area contributed by atoms with Gasteiger partial charge in [0.05, 0.1) is 11.3 Å². The molecular weight excluding hydrogens is 260 g/mol. The van der Waals surface area contributed by atoms with Crippen LogP contribution in [0.4, 0.5) is 5.69 Å². The minimum Gasteiger partial charge on any atom is -0.325 e. The van der Waals surface area contributed by atoms with Crippen molar-refractivity contribution in [2.45, 2.75) is 31.9 Å². The Morgan fingerprint density at radius 1 is 1.47 bits per heavy atom. The molecule has 0 saturated heterocycles. The number of anilines is 1. The topological polar surface area (TPSA) is 70.0 Å². The van der Waals surface area contributed by atoms with Crippen LogP contribution in [0.15, 0.2) is 24.3 Å². The van der Waals surface area contributed by atoms with Gasteiger partial charge in [-0.3, -0.25) is 9.00 Å². The van der Waals surface area contributed by atoms with E-state index in [1.807, 2.05) is 19.9 Å². The highest BCUT2D eigenvalue weighted by Gasteiger charge is 2.12. The average Bonchev–Trinajstić information content (AvgIpc) is 2.44. The lowest BCUT2D eigenvalue weighted by Crippen LogP contribution is -2.19. The molecule has 2 atom stereocenters. The Hall–Kier alpha value is -1.67. The first-order valence-corrected chi connectivity index (χ1v) is 7.62. The molecule has 0 spiro atoms. The molecule has 0 bridgehead atoms. The Balaban J connectivity index is 2.53. The van der Waals surface area contributed by atoms with Crippen molar-refractivity contribution in [2.24, 2.45) is 0 Å². The third-order valence-electron chi connectivity index (χ3n) is 2.88. The summed E-state index contributed by atoms with van der Waals surface area (Å²) in [5.74, 6) is 0.148. The van der Waals surface area contributed by atoms with Gasteiger partial charge in [-0.15, -0.1) is 0 Å². The average molecular weight is 278 g/mol. The summed E-state index contributed by atoms with van der Waals surface area (Å²) in [4.78, 5) is 11.7. The van der Waals surface area contributed by atoms with Crippen LogP contribution >= 0.6 is 0 Å². The maximum atomic E-state index is 11.7. The molecule has 1 N–H and O–H groups in total. The SMILES string of the molecule is CCC(C)S(=O)CCC(=O)Nc1ccccc1C#N. The van der Waals surface area contributed by atoms with E-state index in [0.29, 0.717) is 17.0 Å². The molecule has 0 aliphatic heterocycles. The molecule has 1 amide bonds. The number of carbonyl (C=O) groups excluding carboxylic acids is 1. The van der Waals surface area contributed by atoms with Crippen LogP contribution in [0.25, 0.3) is 0 Å². The van der Waals surface area contributed by atoms with Gasteiger partial charge < -0.3 is 5.32 Å². The fraction of sp³-hybridized carbons (Fsp3) is 0.429. The molecule has 0 saturated carbocycles. The van der Waals surface area contributed by atoms with E-state index in [9.17, 15) is 9.00 Å². The quantitative estimate of drug-likeness (QED) is 0.868. The zero-order valence-corrected chi connectivity index (χ0v) is 12.0. The molecule has 0 aromatic heterocycles. The van der Waals surface area contributed by atoms with Crippen LogP contribution in [-0.2, 0) is 15.6 Å². The first-order chi connectivity index (χ1) is 9.08. The minimum atomic E-state index is -0.976. The van der Waals surface area contributed by atoms with Gasteiger partial charge in [0.1, 0.15) is 6.07 Å². The summed E-state index contributed by atoms with van der Waals surface area (Å²) in [5.41, 5.74) is 0.934. The van der Waals surface area contributed by atoms with E-state index < -0.39 is 10.8 Å². The number of benzene rings is 1. The maximum absolute atomic E-state index is 11.7. The number of rotatable bonds is 6. The van der Waals surface area contributed by atoms with Crippen LogP contribution in [0.3, 0.4) is 0 Å². The van der Waals surface area contributed by atoms with Crippen LogP contribution < -0.4 is 5.32 Å². The Morgan fingerprint density at radius 2 is 2.16 bits per heavy atom. The highest BCUT2D eigenvalue weighted by molar-refractivity contribution is 7.85. The Morgan fingerprint density at radius 3 is 2.79 bits per heavy atom. The smallest absolute Gasteiger partial charge is 0.225 e. The van der Waals surface area contributed by atoms with Crippen LogP contribution in [0.2, 0.25) is 0 Å². The van der Waals surface area contributed by atoms with Gasteiger partial charge in [0.2, 0.25) is 5.91 Å². The summed E-state index contributed by atoms with van der Waals surface area (Å²) in [7, 11) is -0.976. The van der Waals surface area contributed by atoms with Crippen molar-refractivity contribution in [2.75, 3.05) is 11.1 Å². The van der Waals surface area contributed by atoms with Crippen molar-refractivity contribution in [1.29, 1.82) is 5.26 Å². The summed E-state index contributed by atoms with van der Waals surface area (Å²) in [6.07, 6.45) is 1.04. The van der Waals surface area contributed by atoms with E-state index in [-0.39, 0.29) is 17.6 Å². The predicted molar refractivity (Wildman–Crippen MR) is 77.2 cm³/mol. The molecular formula is C14H18N2O2S. The van der Waals surface area contributed by atoms with Gasteiger partial charge in [-0.25, -0.2) is 0 Å². The molecule has 4 nitrogen and oxygen atoms in total.